The molecule has 0 bridgehead atoms. The molecule has 1 atom stereocenters. The van der Waals surface area contributed by atoms with E-state index in [1.807, 2.05) is 19.1 Å². The highest BCUT2D eigenvalue weighted by atomic mass is 32.1. The molecule has 0 saturated heterocycles. The molecule has 17 heavy (non-hydrogen) atoms. The summed E-state index contributed by atoms with van der Waals surface area (Å²) in [4.78, 5) is 0.512. The van der Waals surface area contributed by atoms with Crippen molar-refractivity contribution < 1.29 is 9.84 Å². The molecule has 0 heterocycles. The van der Waals surface area contributed by atoms with Crippen molar-refractivity contribution in [2.24, 2.45) is 11.7 Å². The number of nitrogens with two attached hydrogens (primary N) is 1. The van der Waals surface area contributed by atoms with Crippen LogP contribution >= 0.6 is 12.2 Å². The molecule has 4 heteroatoms. The maximum absolute atomic E-state index is 10.0. The third-order valence-corrected chi connectivity index (χ3v) is 2.67. The first-order valence-corrected chi connectivity index (χ1v) is 6.17. The molecule has 1 rings (SSSR count). The quantitative estimate of drug-likeness (QED) is 0.765. The van der Waals surface area contributed by atoms with E-state index in [2.05, 4.69) is 6.92 Å². The summed E-state index contributed by atoms with van der Waals surface area (Å²) in [5.74, 6) is 1.08. The molecule has 0 saturated carbocycles. The molecule has 0 fully saturated rings. The fraction of sp³-hybridized carbons (Fsp3) is 0.462. The van der Waals surface area contributed by atoms with Crippen molar-refractivity contribution in [2.75, 3.05) is 6.61 Å². The lowest BCUT2D eigenvalue weighted by atomic mass is 9.97. The molecule has 3 nitrogen and oxygen atoms in total. The summed E-state index contributed by atoms with van der Waals surface area (Å²) in [7, 11) is 0. The topological polar surface area (TPSA) is 55.5 Å². The number of aromatic hydroxyl groups is 1. The van der Waals surface area contributed by atoms with Crippen LogP contribution in [-0.2, 0) is 6.42 Å². The van der Waals surface area contributed by atoms with Crippen molar-refractivity contribution in [3.05, 3.63) is 23.8 Å². The second-order valence-corrected chi connectivity index (χ2v) is 4.70. The Balaban J connectivity index is 2.77. The molecular formula is C13H19NO2S. The van der Waals surface area contributed by atoms with Crippen molar-refractivity contribution in [1.82, 2.24) is 0 Å². The van der Waals surface area contributed by atoms with Crippen LogP contribution in [-0.4, -0.2) is 16.7 Å². The number of hydrogen-bond donors (Lipinski definition) is 2. The number of phenols is 1. The fourth-order valence-corrected chi connectivity index (χ4v) is 2.08. The summed E-state index contributed by atoms with van der Waals surface area (Å²) < 4.78 is 5.34. The lowest BCUT2D eigenvalue weighted by Gasteiger charge is -2.13. The number of ether oxygens (including phenoxy) is 1. The lowest BCUT2D eigenvalue weighted by Crippen LogP contribution is -2.14. The molecule has 1 aromatic rings. The highest BCUT2D eigenvalue weighted by Gasteiger charge is 2.11. The van der Waals surface area contributed by atoms with E-state index >= 15 is 0 Å². The summed E-state index contributed by atoms with van der Waals surface area (Å²) in [6, 6.07) is 5.54. The second-order valence-electron chi connectivity index (χ2n) is 4.18. The highest BCUT2D eigenvalue weighted by molar-refractivity contribution is 7.80. The van der Waals surface area contributed by atoms with Crippen molar-refractivity contribution in [2.45, 2.75) is 26.7 Å². The van der Waals surface area contributed by atoms with Gasteiger partial charge in [0, 0.05) is 6.42 Å². The van der Waals surface area contributed by atoms with Crippen LogP contribution in [0.25, 0.3) is 0 Å². The minimum absolute atomic E-state index is 0.226. The maximum atomic E-state index is 10.0. The Hall–Kier alpha value is -1.29. The van der Waals surface area contributed by atoms with Crippen LogP contribution in [0.1, 0.15) is 25.8 Å². The van der Waals surface area contributed by atoms with E-state index in [0.29, 0.717) is 29.7 Å². The van der Waals surface area contributed by atoms with Gasteiger partial charge in [-0.2, -0.15) is 0 Å². The molecule has 0 aliphatic heterocycles. The molecule has 0 aliphatic rings. The zero-order valence-corrected chi connectivity index (χ0v) is 11.1. The molecule has 0 aliphatic carbocycles. The Morgan fingerprint density at radius 1 is 1.53 bits per heavy atom. The number of benzene rings is 1. The number of rotatable bonds is 6. The average molecular weight is 253 g/mol. The van der Waals surface area contributed by atoms with Crippen LogP contribution in [0.2, 0.25) is 0 Å². The van der Waals surface area contributed by atoms with Crippen LogP contribution in [0, 0.1) is 5.92 Å². The molecule has 0 amide bonds. The molecule has 0 aromatic heterocycles. The van der Waals surface area contributed by atoms with Gasteiger partial charge in [0.2, 0.25) is 0 Å². The van der Waals surface area contributed by atoms with Crippen molar-refractivity contribution in [1.29, 1.82) is 0 Å². The summed E-state index contributed by atoms with van der Waals surface area (Å²) in [6.45, 7) is 4.49. The van der Waals surface area contributed by atoms with E-state index in [1.165, 1.54) is 0 Å². The van der Waals surface area contributed by atoms with Gasteiger partial charge in [0.1, 0.15) is 0 Å². The van der Waals surface area contributed by atoms with E-state index in [4.69, 9.17) is 22.7 Å². The maximum Gasteiger partial charge on any atom is 0.161 e. The van der Waals surface area contributed by atoms with E-state index in [9.17, 15) is 5.11 Å². The van der Waals surface area contributed by atoms with Crippen molar-refractivity contribution in [3.63, 3.8) is 0 Å². The SMILES string of the molecule is CCOc1cccc(CC(C)CC(N)=S)c1O. The van der Waals surface area contributed by atoms with Crippen LogP contribution in [0.15, 0.2) is 18.2 Å². The second kappa shape index (κ2) is 6.45. The molecular weight excluding hydrogens is 234 g/mol. The number of para-hydroxylation sites is 1. The van der Waals surface area contributed by atoms with Gasteiger partial charge < -0.3 is 15.6 Å². The van der Waals surface area contributed by atoms with Crippen LogP contribution < -0.4 is 10.5 Å². The van der Waals surface area contributed by atoms with Gasteiger partial charge in [-0.05, 0) is 30.9 Å². The predicted octanol–water partition coefficient (Wildman–Crippen LogP) is 2.65. The van der Waals surface area contributed by atoms with Gasteiger partial charge >= 0.3 is 0 Å². The van der Waals surface area contributed by atoms with E-state index < -0.39 is 0 Å². The summed E-state index contributed by atoms with van der Waals surface area (Å²) in [6.07, 6.45) is 1.43. The molecule has 1 aromatic carbocycles. The monoisotopic (exact) mass is 253 g/mol. The molecule has 94 valence electrons. The number of hydrogen-bond acceptors (Lipinski definition) is 3. The van der Waals surface area contributed by atoms with Crippen LogP contribution in [0.3, 0.4) is 0 Å². The van der Waals surface area contributed by atoms with Crippen molar-refractivity contribution in [3.8, 4) is 11.5 Å². The Labute approximate surface area is 108 Å². The first-order chi connectivity index (χ1) is 8.04. The smallest absolute Gasteiger partial charge is 0.161 e. The Morgan fingerprint density at radius 2 is 2.24 bits per heavy atom. The van der Waals surface area contributed by atoms with Crippen LogP contribution in [0.4, 0.5) is 0 Å². The summed E-state index contributed by atoms with van der Waals surface area (Å²) >= 11 is 4.88. The third kappa shape index (κ3) is 4.23. The Bertz CT molecular complexity index is 393. The Kier molecular flexibility index (Phi) is 5.22. The first-order valence-electron chi connectivity index (χ1n) is 5.76. The minimum Gasteiger partial charge on any atom is -0.504 e. The van der Waals surface area contributed by atoms with E-state index in [1.54, 1.807) is 6.07 Å². The number of phenolic OH excluding ortho intramolecular Hbond substituents is 1. The molecule has 0 spiro atoms. The first kappa shape index (κ1) is 13.8. The van der Waals surface area contributed by atoms with Gasteiger partial charge in [0.05, 0.1) is 11.6 Å². The minimum atomic E-state index is 0.226. The van der Waals surface area contributed by atoms with E-state index in [0.717, 1.165) is 12.0 Å². The van der Waals surface area contributed by atoms with Crippen LogP contribution in [0.5, 0.6) is 11.5 Å². The third-order valence-electron chi connectivity index (χ3n) is 2.50. The van der Waals surface area contributed by atoms with Gasteiger partial charge in [0.25, 0.3) is 0 Å². The lowest BCUT2D eigenvalue weighted by molar-refractivity contribution is 0.316. The number of thiocarbonyl (C=S) groups is 1. The highest BCUT2D eigenvalue weighted by Crippen LogP contribution is 2.31. The average Bonchev–Trinajstić information content (AvgIpc) is 2.23. The van der Waals surface area contributed by atoms with Gasteiger partial charge in [-0.1, -0.05) is 31.3 Å². The zero-order valence-electron chi connectivity index (χ0n) is 10.3. The largest absolute Gasteiger partial charge is 0.504 e. The Morgan fingerprint density at radius 3 is 2.82 bits per heavy atom. The van der Waals surface area contributed by atoms with E-state index in [-0.39, 0.29) is 5.75 Å². The fourth-order valence-electron chi connectivity index (χ4n) is 1.80. The van der Waals surface area contributed by atoms with Gasteiger partial charge in [-0.3, -0.25) is 0 Å². The zero-order chi connectivity index (χ0) is 12.8. The molecule has 3 N–H and O–H groups in total. The molecule has 0 radical (unpaired) electrons. The summed E-state index contributed by atoms with van der Waals surface area (Å²) in [5.41, 5.74) is 6.38. The normalized spacial score (nSPS) is 12.1. The summed E-state index contributed by atoms with van der Waals surface area (Å²) in [5, 5.41) is 10.0. The van der Waals surface area contributed by atoms with Gasteiger partial charge in [-0.15, -0.1) is 0 Å². The van der Waals surface area contributed by atoms with Crippen molar-refractivity contribution >= 4 is 17.2 Å². The van der Waals surface area contributed by atoms with Gasteiger partial charge in [-0.25, -0.2) is 0 Å². The molecule has 1 unspecified atom stereocenters. The van der Waals surface area contributed by atoms with Gasteiger partial charge in [0.15, 0.2) is 11.5 Å². The predicted molar refractivity (Wildman–Crippen MR) is 73.5 cm³/mol. The standard InChI is InChI=1S/C13H19NO2S/c1-3-16-11-6-4-5-10(13(11)15)7-9(2)8-12(14)17/h4-6,9,15H,3,7-8H2,1-2H3,(H2,14,17).